The monoisotopic (exact) mass is 1060 g/mol. The highest BCUT2D eigenvalue weighted by Crippen LogP contribution is 2.36. The largest absolute Gasteiger partial charge is 0.480 e. The molecule has 0 saturated carbocycles. The first-order valence-electron chi connectivity index (χ1n) is 19.1. The summed E-state index contributed by atoms with van der Waals surface area (Å²) in [5.41, 5.74) is 4.85. The summed E-state index contributed by atoms with van der Waals surface area (Å²) in [5.74, 6) is -1.86. The third kappa shape index (κ3) is 11.3. The van der Waals surface area contributed by atoms with Gasteiger partial charge in [0, 0.05) is 52.8 Å². The molecule has 1 unspecified atom stereocenters. The van der Waals surface area contributed by atoms with E-state index in [2.05, 4.69) is 22.6 Å². The number of nitrogens with zero attached hydrogens (tertiary/aromatic N) is 2. The van der Waals surface area contributed by atoms with E-state index in [1.54, 1.807) is 6.07 Å². The van der Waals surface area contributed by atoms with E-state index in [0.717, 1.165) is 99.7 Å². The van der Waals surface area contributed by atoms with E-state index in [-0.39, 0.29) is 58.6 Å². The average molecular weight is 1060 g/mol. The third-order valence-corrected chi connectivity index (χ3v) is 13.5. The van der Waals surface area contributed by atoms with Crippen molar-refractivity contribution in [3.63, 3.8) is 0 Å². The van der Waals surface area contributed by atoms with Crippen LogP contribution >= 0.6 is 34.2 Å². The first kappa shape index (κ1) is 48.6. The minimum atomic E-state index is -4.66. The lowest BCUT2D eigenvalue weighted by Crippen LogP contribution is -2.32. The van der Waals surface area contributed by atoms with Crippen molar-refractivity contribution in [2.45, 2.75) is 74.4 Å². The molecule has 7 rings (SSSR count). The van der Waals surface area contributed by atoms with Gasteiger partial charge >= 0.3 is 12.4 Å². The molecule has 0 saturated heterocycles. The molecule has 2 heterocycles. The lowest BCUT2D eigenvalue weighted by atomic mass is 10.0. The quantitative estimate of drug-likeness (QED) is 0.106. The van der Waals surface area contributed by atoms with Crippen LogP contribution in [0.4, 0.5) is 26.3 Å². The maximum Gasteiger partial charge on any atom is 0.425 e. The molecule has 0 bridgehead atoms. The van der Waals surface area contributed by atoms with Gasteiger partial charge < -0.3 is 19.3 Å². The molecule has 2 aliphatic rings. The van der Waals surface area contributed by atoms with E-state index in [4.69, 9.17) is 21.1 Å². The van der Waals surface area contributed by atoms with Crippen LogP contribution in [0.2, 0.25) is 5.02 Å². The molecule has 5 aromatic rings. The molecule has 2 atom stereocenters. The fraction of sp³-hybridized carbons (Fsp3) is 0.273. The normalized spacial score (nSPS) is 14.8. The van der Waals surface area contributed by atoms with Gasteiger partial charge in [0.2, 0.25) is 0 Å². The van der Waals surface area contributed by atoms with Crippen molar-refractivity contribution >= 4 is 65.7 Å². The summed E-state index contributed by atoms with van der Waals surface area (Å²) < 4.78 is 137. The summed E-state index contributed by atoms with van der Waals surface area (Å²) in [6.45, 7) is 2.62. The van der Waals surface area contributed by atoms with Crippen LogP contribution in [0, 0.1) is 3.57 Å². The van der Waals surface area contributed by atoms with Gasteiger partial charge in [0.1, 0.15) is 11.5 Å². The van der Waals surface area contributed by atoms with E-state index < -0.39 is 56.0 Å². The maximum absolute atomic E-state index is 13.4. The third-order valence-electron chi connectivity index (χ3n) is 10.3. The van der Waals surface area contributed by atoms with Crippen molar-refractivity contribution in [3.8, 4) is 22.6 Å². The lowest BCUT2D eigenvalue weighted by Gasteiger charge is -2.22. The molecule has 0 aliphatic carbocycles. The topological polar surface area (TPSA) is 127 Å². The summed E-state index contributed by atoms with van der Waals surface area (Å²) in [4.78, 5) is 29.0. The summed E-state index contributed by atoms with van der Waals surface area (Å²) >= 11 is 8.46. The Morgan fingerprint density at radius 2 is 1.03 bits per heavy atom. The van der Waals surface area contributed by atoms with E-state index in [0.29, 0.717) is 5.02 Å². The van der Waals surface area contributed by atoms with Crippen LogP contribution in [0.3, 0.4) is 0 Å². The highest BCUT2D eigenvalue weighted by Gasteiger charge is 2.40. The molecule has 20 heteroatoms. The number of hydrogen-bond donors (Lipinski definition) is 0. The minimum absolute atomic E-state index is 0.167. The van der Waals surface area contributed by atoms with Gasteiger partial charge in [-0.15, -0.1) is 0 Å². The Morgan fingerprint density at radius 3 is 1.47 bits per heavy atom. The van der Waals surface area contributed by atoms with Gasteiger partial charge in [-0.25, -0.2) is 16.8 Å². The lowest BCUT2D eigenvalue weighted by molar-refractivity contribution is -0.189. The van der Waals surface area contributed by atoms with Crippen molar-refractivity contribution in [2.24, 2.45) is 0 Å². The van der Waals surface area contributed by atoms with Gasteiger partial charge in [0.15, 0.2) is 31.9 Å². The number of halogens is 8. The van der Waals surface area contributed by atoms with E-state index in [1.807, 2.05) is 54.6 Å². The molecule has 2 aliphatic heterocycles. The molecule has 0 spiro atoms. The molecule has 5 aromatic carbocycles. The summed E-state index contributed by atoms with van der Waals surface area (Å²) in [6, 6.07) is 25.3. The van der Waals surface area contributed by atoms with Crippen LogP contribution in [-0.2, 0) is 45.9 Å². The van der Waals surface area contributed by atoms with Gasteiger partial charge in [0.05, 0.1) is 20.9 Å². The molecule has 64 heavy (non-hydrogen) atoms. The SMILES string of the molecule is CC(Oc1ccc(S(C)(=O)=O)cc1C(=O)N1Cc2ccc(-c3ccccc3Cl)cc2C1)C(F)(F)F.C[C@H](Oc1ccc(S(C)(=O)=O)cc1C(=O)N1Cc2ccc(I)cc2C1)C(F)(F)F. The van der Waals surface area contributed by atoms with Crippen molar-refractivity contribution in [2.75, 3.05) is 12.5 Å². The summed E-state index contributed by atoms with van der Waals surface area (Å²) in [7, 11) is -7.38. The Morgan fingerprint density at radius 1 is 0.609 bits per heavy atom. The second-order valence-corrected chi connectivity index (χ2v) is 20.8. The van der Waals surface area contributed by atoms with Crippen LogP contribution in [0.25, 0.3) is 11.1 Å². The Labute approximate surface area is 384 Å². The standard InChI is InChI=1S/C25H21ClF3NO4S.C19H17F3INO4S/c1-15(25(27,28)29)34-23-10-9-19(35(2,32)33)12-21(23)24(31)30-13-17-8-7-16(11-18(17)14-30)20-5-3-4-6-22(20)26;1-11(19(20,21)22)28-17-6-5-15(29(2,26)27)8-16(17)18(25)24-9-12-3-4-14(23)7-13(12)10-24/h3-12,15H,13-14H2,1-2H3;3-8,11H,9-10H2,1-2H3/t;11-/m.0/s1. The van der Waals surface area contributed by atoms with Crippen LogP contribution in [0.5, 0.6) is 11.5 Å². The first-order chi connectivity index (χ1) is 29.7. The molecular formula is C44H38ClF6IN2O8S2. The Balaban J connectivity index is 0.000000216. The fourth-order valence-electron chi connectivity index (χ4n) is 6.78. The number of hydrogen-bond acceptors (Lipinski definition) is 8. The van der Waals surface area contributed by atoms with E-state index >= 15 is 0 Å². The van der Waals surface area contributed by atoms with Crippen LogP contribution in [-0.4, -0.2) is 75.5 Å². The van der Waals surface area contributed by atoms with Crippen LogP contribution in [0.15, 0.2) is 107 Å². The number of rotatable bonds is 9. The number of amides is 2. The molecule has 0 radical (unpaired) electrons. The molecule has 0 N–H and O–H groups in total. The van der Waals surface area contributed by atoms with Gasteiger partial charge in [-0.05, 0) is 125 Å². The highest BCUT2D eigenvalue weighted by molar-refractivity contribution is 14.1. The Hall–Kier alpha value is -4.86. The Kier molecular flexibility index (Phi) is 14.1. The average Bonchev–Trinajstić information content (AvgIpc) is 3.83. The number of benzene rings is 5. The van der Waals surface area contributed by atoms with Gasteiger partial charge in [0.25, 0.3) is 11.8 Å². The molecule has 0 aromatic heterocycles. The molecule has 2 amide bonds. The molecule has 10 nitrogen and oxygen atoms in total. The fourth-order valence-corrected chi connectivity index (χ4v) is 8.88. The zero-order valence-corrected chi connectivity index (χ0v) is 38.8. The molecule has 340 valence electrons. The van der Waals surface area contributed by atoms with Gasteiger partial charge in [-0.3, -0.25) is 9.59 Å². The number of fused-ring (bicyclic) bond motifs is 2. The highest BCUT2D eigenvalue weighted by atomic mass is 127. The van der Waals surface area contributed by atoms with E-state index in [9.17, 15) is 52.8 Å². The number of carbonyl (C=O) groups is 2. The van der Waals surface area contributed by atoms with Crippen molar-refractivity contribution in [1.29, 1.82) is 0 Å². The van der Waals surface area contributed by atoms with Gasteiger partial charge in [-0.1, -0.05) is 48.0 Å². The van der Waals surface area contributed by atoms with E-state index in [1.165, 1.54) is 9.80 Å². The van der Waals surface area contributed by atoms with Crippen molar-refractivity contribution < 1.29 is 62.2 Å². The number of carbonyl (C=O) groups excluding carboxylic acids is 2. The zero-order valence-electron chi connectivity index (χ0n) is 34.2. The maximum atomic E-state index is 13.4. The second-order valence-electron chi connectivity index (χ2n) is 15.2. The number of alkyl halides is 6. The summed E-state index contributed by atoms with van der Waals surface area (Å²) in [5, 5.41) is 0.580. The zero-order chi connectivity index (χ0) is 47.1. The Bertz CT molecular complexity index is 2860. The first-order valence-corrected chi connectivity index (χ1v) is 24.3. The smallest absolute Gasteiger partial charge is 0.425 e. The van der Waals surface area contributed by atoms with Crippen molar-refractivity contribution in [3.05, 3.63) is 139 Å². The van der Waals surface area contributed by atoms with Crippen LogP contribution < -0.4 is 9.47 Å². The van der Waals surface area contributed by atoms with Gasteiger partial charge in [-0.2, -0.15) is 26.3 Å². The van der Waals surface area contributed by atoms with Crippen LogP contribution in [0.1, 0.15) is 56.8 Å². The molecule has 0 fully saturated rings. The minimum Gasteiger partial charge on any atom is -0.480 e. The summed E-state index contributed by atoms with van der Waals surface area (Å²) in [6.07, 6.45) is -11.7. The number of ether oxygens (including phenoxy) is 2. The molecular weight excluding hydrogens is 1020 g/mol. The second kappa shape index (κ2) is 18.6. The predicted octanol–water partition coefficient (Wildman–Crippen LogP) is 10.1. The number of sulfone groups is 2. The predicted molar refractivity (Wildman–Crippen MR) is 235 cm³/mol. The van der Waals surface area contributed by atoms with Crippen molar-refractivity contribution in [1.82, 2.24) is 9.80 Å².